The van der Waals surface area contributed by atoms with Gasteiger partial charge in [-0.15, -0.1) is 0 Å². The van der Waals surface area contributed by atoms with Crippen molar-refractivity contribution in [1.82, 2.24) is 4.90 Å². The summed E-state index contributed by atoms with van der Waals surface area (Å²) in [5, 5.41) is 6.53. The molecular weight excluding hydrogens is 362 g/mol. The van der Waals surface area contributed by atoms with Crippen molar-refractivity contribution in [2.45, 2.75) is 26.2 Å². The molecule has 0 saturated carbocycles. The minimum atomic E-state index is -0.165. The third-order valence-electron chi connectivity index (χ3n) is 4.68. The van der Waals surface area contributed by atoms with Gasteiger partial charge in [0.25, 0.3) is 5.91 Å². The molecule has 0 spiro atoms. The highest BCUT2D eigenvalue weighted by Crippen LogP contribution is 2.20. The van der Waals surface area contributed by atoms with E-state index in [1.807, 2.05) is 24.0 Å². The normalized spacial score (nSPS) is 13.9. The van der Waals surface area contributed by atoms with E-state index in [0.29, 0.717) is 16.3 Å². The second kappa shape index (κ2) is 8.91. The fourth-order valence-electron chi connectivity index (χ4n) is 3.07. The number of carbonyl (C=O) groups excluding carboxylic acids is 2. The highest BCUT2D eigenvalue weighted by molar-refractivity contribution is 6.31. The first-order valence-corrected chi connectivity index (χ1v) is 9.60. The van der Waals surface area contributed by atoms with Crippen LogP contribution in [0.5, 0.6) is 0 Å². The van der Waals surface area contributed by atoms with Crippen molar-refractivity contribution in [3.05, 3.63) is 58.6 Å². The van der Waals surface area contributed by atoms with E-state index < -0.39 is 0 Å². The molecule has 142 valence electrons. The van der Waals surface area contributed by atoms with Gasteiger partial charge >= 0.3 is 0 Å². The highest BCUT2D eigenvalue weighted by Gasteiger charge is 2.17. The molecule has 27 heavy (non-hydrogen) atoms. The van der Waals surface area contributed by atoms with Gasteiger partial charge in [0.15, 0.2) is 0 Å². The average molecular weight is 386 g/mol. The summed E-state index contributed by atoms with van der Waals surface area (Å²) >= 11 is 6.08. The maximum atomic E-state index is 12.5. The quantitative estimate of drug-likeness (QED) is 0.805. The van der Waals surface area contributed by atoms with Crippen LogP contribution >= 0.6 is 11.6 Å². The van der Waals surface area contributed by atoms with Crippen molar-refractivity contribution in [2.75, 3.05) is 30.3 Å². The Labute approximate surface area is 164 Å². The van der Waals surface area contributed by atoms with Crippen molar-refractivity contribution in [3.63, 3.8) is 0 Å². The summed E-state index contributed by atoms with van der Waals surface area (Å²) in [6.07, 6.45) is 3.33. The number of hydrogen-bond donors (Lipinski definition) is 2. The van der Waals surface area contributed by atoms with Crippen molar-refractivity contribution in [2.24, 2.45) is 0 Å². The van der Waals surface area contributed by atoms with E-state index in [4.69, 9.17) is 11.6 Å². The molecule has 2 amide bonds. The Bertz CT molecular complexity index is 815. The molecular formula is C21H24ClN3O2. The van der Waals surface area contributed by atoms with Crippen LogP contribution in [0.1, 0.15) is 35.2 Å². The second-order valence-electron chi connectivity index (χ2n) is 6.80. The SMILES string of the molecule is Cc1ccc(NCC(=O)Nc2ccc(C(=O)N3CCCCC3)cc2)cc1Cl. The Morgan fingerprint density at radius 1 is 1.00 bits per heavy atom. The summed E-state index contributed by atoms with van der Waals surface area (Å²) in [4.78, 5) is 26.5. The number of nitrogens with zero attached hydrogens (tertiary/aromatic N) is 1. The third kappa shape index (κ3) is 5.23. The summed E-state index contributed by atoms with van der Waals surface area (Å²) in [5.41, 5.74) is 3.11. The van der Waals surface area contributed by atoms with Gasteiger partial charge in [0.2, 0.25) is 5.91 Å². The first-order chi connectivity index (χ1) is 13.0. The molecule has 1 heterocycles. The van der Waals surface area contributed by atoms with E-state index in [9.17, 15) is 9.59 Å². The number of aryl methyl sites for hydroxylation is 1. The maximum Gasteiger partial charge on any atom is 0.253 e. The molecule has 2 aromatic rings. The third-order valence-corrected chi connectivity index (χ3v) is 5.09. The first-order valence-electron chi connectivity index (χ1n) is 9.22. The van der Waals surface area contributed by atoms with Crippen LogP contribution in [-0.2, 0) is 4.79 Å². The lowest BCUT2D eigenvalue weighted by Gasteiger charge is -2.26. The number of hydrogen-bond acceptors (Lipinski definition) is 3. The number of rotatable bonds is 5. The van der Waals surface area contributed by atoms with Crippen LogP contribution in [0.15, 0.2) is 42.5 Å². The topological polar surface area (TPSA) is 61.4 Å². The molecule has 6 heteroatoms. The van der Waals surface area contributed by atoms with E-state index in [1.54, 1.807) is 30.3 Å². The predicted octanol–water partition coefficient (Wildman–Crippen LogP) is 4.33. The molecule has 0 atom stereocenters. The van der Waals surface area contributed by atoms with Gasteiger partial charge < -0.3 is 15.5 Å². The van der Waals surface area contributed by atoms with Gasteiger partial charge in [0.05, 0.1) is 6.54 Å². The summed E-state index contributed by atoms with van der Waals surface area (Å²) in [6, 6.07) is 12.6. The van der Waals surface area contributed by atoms with Gasteiger partial charge in [0, 0.05) is 35.1 Å². The molecule has 1 saturated heterocycles. The molecule has 2 N–H and O–H groups in total. The van der Waals surface area contributed by atoms with Crippen molar-refractivity contribution in [3.8, 4) is 0 Å². The summed E-state index contributed by atoms with van der Waals surface area (Å²) < 4.78 is 0. The number of likely N-dealkylation sites (tertiary alicyclic amines) is 1. The van der Waals surface area contributed by atoms with Gasteiger partial charge in [-0.25, -0.2) is 0 Å². The Balaban J connectivity index is 1.52. The summed E-state index contributed by atoms with van der Waals surface area (Å²) in [7, 11) is 0. The summed E-state index contributed by atoms with van der Waals surface area (Å²) in [5.74, 6) is -0.104. The first kappa shape index (κ1) is 19.2. The van der Waals surface area contributed by atoms with E-state index in [1.165, 1.54) is 6.42 Å². The van der Waals surface area contributed by atoms with E-state index >= 15 is 0 Å². The van der Waals surface area contributed by atoms with E-state index in [2.05, 4.69) is 10.6 Å². The number of nitrogens with one attached hydrogen (secondary N) is 2. The molecule has 2 aromatic carbocycles. The van der Waals surface area contributed by atoms with Crippen LogP contribution in [0.4, 0.5) is 11.4 Å². The Morgan fingerprint density at radius 2 is 1.67 bits per heavy atom. The largest absolute Gasteiger partial charge is 0.376 e. The molecule has 1 aliphatic rings. The fraction of sp³-hybridized carbons (Fsp3) is 0.333. The number of amides is 2. The van der Waals surface area contributed by atoms with E-state index in [0.717, 1.165) is 37.2 Å². The monoisotopic (exact) mass is 385 g/mol. The zero-order chi connectivity index (χ0) is 19.2. The van der Waals surface area contributed by atoms with Gasteiger partial charge in [-0.05, 0) is 68.1 Å². The average Bonchev–Trinajstić information content (AvgIpc) is 2.69. The van der Waals surface area contributed by atoms with Crippen LogP contribution in [0, 0.1) is 6.92 Å². The van der Waals surface area contributed by atoms with Gasteiger partial charge in [-0.3, -0.25) is 9.59 Å². The molecule has 1 fully saturated rings. The highest BCUT2D eigenvalue weighted by atomic mass is 35.5. The second-order valence-corrected chi connectivity index (χ2v) is 7.20. The maximum absolute atomic E-state index is 12.5. The van der Waals surface area contributed by atoms with Gasteiger partial charge in [-0.1, -0.05) is 17.7 Å². The lowest BCUT2D eigenvalue weighted by molar-refractivity contribution is -0.114. The zero-order valence-corrected chi connectivity index (χ0v) is 16.2. The van der Waals surface area contributed by atoms with Crippen LogP contribution in [0.25, 0.3) is 0 Å². The van der Waals surface area contributed by atoms with Crippen molar-refractivity contribution >= 4 is 34.8 Å². The van der Waals surface area contributed by atoms with Gasteiger partial charge in [-0.2, -0.15) is 0 Å². The minimum absolute atomic E-state index is 0.0606. The molecule has 0 aliphatic carbocycles. The van der Waals surface area contributed by atoms with Crippen LogP contribution in [0.2, 0.25) is 5.02 Å². The number of piperidine rings is 1. The fourth-order valence-corrected chi connectivity index (χ4v) is 3.25. The summed E-state index contributed by atoms with van der Waals surface area (Å²) in [6.45, 7) is 3.71. The van der Waals surface area contributed by atoms with Crippen LogP contribution in [-0.4, -0.2) is 36.3 Å². The van der Waals surface area contributed by atoms with Gasteiger partial charge in [0.1, 0.15) is 0 Å². The van der Waals surface area contributed by atoms with Crippen molar-refractivity contribution < 1.29 is 9.59 Å². The lowest BCUT2D eigenvalue weighted by atomic mass is 10.1. The smallest absolute Gasteiger partial charge is 0.253 e. The lowest BCUT2D eigenvalue weighted by Crippen LogP contribution is -2.35. The van der Waals surface area contributed by atoms with Crippen LogP contribution in [0.3, 0.4) is 0 Å². The molecule has 3 rings (SSSR count). The molecule has 0 aromatic heterocycles. The Kier molecular flexibility index (Phi) is 6.35. The number of anilines is 2. The number of carbonyl (C=O) groups is 2. The molecule has 0 radical (unpaired) electrons. The molecule has 1 aliphatic heterocycles. The molecule has 5 nitrogen and oxygen atoms in total. The number of halogens is 1. The standard InChI is InChI=1S/C21H24ClN3O2/c1-15-5-8-18(13-19(15)22)23-14-20(26)24-17-9-6-16(7-10-17)21(27)25-11-3-2-4-12-25/h5-10,13,23H,2-4,11-12,14H2,1H3,(H,24,26). The minimum Gasteiger partial charge on any atom is -0.376 e. The Hall–Kier alpha value is -2.53. The number of benzene rings is 2. The van der Waals surface area contributed by atoms with E-state index in [-0.39, 0.29) is 18.4 Å². The van der Waals surface area contributed by atoms with Crippen LogP contribution < -0.4 is 10.6 Å². The Morgan fingerprint density at radius 3 is 2.33 bits per heavy atom. The molecule has 0 bridgehead atoms. The zero-order valence-electron chi connectivity index (χ0n) is 15.4. The predicted molar refractivity (Wildman–Crippen MR) is 110 cm³/mol. The van der Waals surface area contributed by atoms with Crippen molar-refractivity contribution in [1.29, 1.82) is 0 Å². The molecule has 0 unspecified atom stereocenters.